The van der Waals surface area contributed by atoms with E-state index in [9.17, 15) is 8.78 Å². The van der Waals surface area contributed by atoms with Crippen molar-refractivity contribution in [3.63, 3.8) is 0 Å². The van der Waals surface area contributed by atoms with E-state index < -0.39 is 6.43 Å². The second-order valence-corrected chi connectivity index (χ2v) is 4.93. The van der Waals surface area contributed by atoms with E-state index in [4.69, 9.17) is 0 Å². The Morgan fingerprint density at radius 1 is 1.29 bits per heavy atom. The Kier molecular flexibility index (Phi) is 4.08. The van der Waals surface area contributed by atoms with Crippen LogP contribution in [0.3, 0.4) is 0 Å². The van der Waals surface area contributed by atoms with Crippen LogP contribution < -0.4 is 0 Å². The van der Waals surface area contributed by atoms with Crippen LogP contribution in [0.2, 0.25) is 0 Å². The molecule has 94 valence electrons. The second-order valence-electron chi connectivity index (χ2n) is 4.93. The quantitative estimate of drug-likeness (QED) is 0.744. The molecule has 17 heavy (non-hydrogen) atoms. The van der Waals surface area contributed by atoms with Crippen LogP contribution in [0.4, 0.5) is 8.78 Å². The van der Waals surface area contributed by atoms with E-state index in [2.05, 4.69) is 11.9 Å². The predicted molar refractivity (Wildman–Crippen MR) is 64.2 cm³/mol. The molecule has 0 amide bonds. The van der Waals surface area contributed by atoms with Crippen molar-refractivity contribution < 1.29 is 8.78 Å². The summed E-state index contributed by atoms with van der Waals surface area (Å²) in [7, 11) is 0. The van der Waals surface area contributed by atoms with Gasteiger partial charge in [0.05, 0.1) is 0 Å². The van der Waals surface area contributed by atoms with Crippen molar-refractivity contribution >= 4 is 0 Å². The Morgan fingerprint density at radius 3 is 2.59 bits per heavy atom. The molecule has 0 N–H and O–H groups in total. The van der Waals surface area contributed by atoms with Gasteiger partial charge in [0.15, 0.2) is 0 Å². The van der Waals surface area contributed by atoms with Gasteiger partial charge in [-0.2, -0.15) is 0 Å². The van der Waals surface area contributed by atoms with Crippen LogP contribution in [-0.2, 0) is 0 Å². The Balaban J connectivity index is 2.13. The van der Waals surface area contributed by atoms with Gasteiger partial charge in [0.1, 0.15) is 0 Å². The molecule has 3 heteroatoms. The first-order valence-corrected chi connectivity index (χ1v) is 6.44. The molecule has 1 aromatic rings. The lowest BCUT2D eigenvalue weighted by Crippen LogP contribution is -2.14. The van der Waals surface area contributed by atoms with Gasteiger partial charge in [0.2, 0.25) is 0 Å². The molecule has 0 saturated heterocycles. The molecule has 1 heterocycles. The van der Waals surface area contributed by atoms with E-state index in [1.807, 2.05) is 0 Å². The summed E-state index contributed by atoms with van der Waals surface area (Å²) in [6.07, 6.45) is 6.32. The minimum absolute atomic E-state index is 0.181. The molecule has 0 bridgehead atoms. The monoisotopic (exact) mass is 239 g/mol. The minimum atomic E-state index is -2.38. The van der Waals surface area contributed by atoms with Crippen molar-refractivity contribution in [3.8, 4) is 0 Å². The summed E-state index contributed by atoms with van der Waals surface area (Å²) in [6.45, 7) is 2.21. The molecule has 0 atom stereocenters. The van der Waals surface area contributed by atoms with Crippen LogP contribution in [0.15, 0.2) is 18.5 Å². The summed E-state index contributed by atoms with van der Waals surface area (Å²) in [5.41, 5.74) is 0.956. The molecule has 2 rings (SSSR count). The molecule has 1 aromatic heterocycles. The van der Waals surface area contributed by atoms with Crippen LogP contribution in [0.25, 0.3) is 0 Å². The Bertz CT molecular complexity index is 357. The second kappa shape index (κ2) is 5.56. The Hall–Kier alpha value is -0.990. The fourth-order valence-electron chi connectivity index (χ4n) is 2.84. The highest BCUT2D eigenvalue weighted by Gasteiger charge is 2.25. The van der Waals surface area contributed by atoms with Gasteiger partial charge in [-0.25, -0.2) is 8.78 Å². The maximum Gasteiger partial charge on any atom is 0.264 e. The van der Waals surface area contributed by atoms with E-state index in [1.165, 1.54) is 31.5 Å². The average Bonchev–Trinajstić information content (AvgIpc) is 2.39. The summed E-state index contributed by atoms with van der Waals surface area (Å²) >= 11 is 0. The molecule has 1 aliphatic carbocycles. The van der Waals surface area contributed by atoms with Gasteiger partial charge in [-0.1, -0.05) is 13.3 Å². The van der Waals surface area contributed by atoms with Gasteiger partial charge in [-0.05, 0) is 49.1 Å². The highest BCUT2D eigenvalue weighted by atomic mass is 19.3. The lowest BCUT2D eigenvalue weighted by atomic mass is 9.77. The maximum absolute atomic E-state index is 12.9. The number of pyridine rings is 1. The number of hydrogen-bond acceptors (Lipinski definition) is 1. The zero-order valence-electron chi connectivity index (χ0n) is 10.2. The summed E-state index contributed by atoms with van der Waals surface area (Å²) in [5, 5.41) is 0. The molecule has 1 fully saturated rings. The maximum atomic E-state index is 12.9. The third-order valence-corrected chi connectivity index (χ3v) is 3.99. The topological polar surface area (TPSA) is 12.9 Å². The van der Waals surface area contributed by atoms with Gasteiger partial charge in [0.25, 0.3) is 6.43 Å². The van der Waals surface area contributed by atoms with Crippen molar-refractivity contribution in [1.82, 2.24) is 4.98 Å². The van der Waals surface area contributed by atoms with Crippen LogP contribution in [0.5, 0.6) is 0 Å². The number of alkyl halides is 2. The van der Waals surface area contributed by atoms with Crippen molar-refractivity contribution in [2.45, 2.75) is 51.4 Å². The third kappa shape index (κ3) is 2.82. The Morgan fingerprint density at radius 2 is 2.00 bits per heavy atom. The van der Waals surface area contributed by atoms with Crippen LogP contribution in [0.1, 0.15) is 62.5 Å². The first-order chi connectivity index (χ1) is 8.22. The molecule has 0 spiro atoms. The van der Waals surface area contributed by atoms with Crippen molar-refractivity contribution in [2.24, 2.45) is 5.92 Å². The minimum Gasteiger partial charge on any atom is -0.264 e. The number of nitrogens with zero attached hydrogens (tertiary/aromatic N) is 1. The van der Waals surface area contributed by atoms with E-state index in [0.29, 0.717) is 0 Å². The van der Waals surface area contributed by atoms with E-state index >= 15 is 0 Å². The van der Waals surface area contributed by atoms with E-state index in [-0.39, 0.29) is 11.5 Å². The van der Waals surface area contributed by atoms with Crippen molar-refractivity contribution in [3.05, 3.63) is 29.6 Å². The molecular formula is C14H19F2N. The lowest BCUT2D eigenvalue weighted by Gasteiger charge is -2.29. The smallest absolute Gasteiger partial charge is 0.264 e. The summed E-state index contributed by atoms with van der Waals surface area (Å²) in [4.78, 5) is 4.01. The van der Waals surface area contributed by atoms with Crippen molar-refractivity contribution in [1.29, 1.82) is 0 Å². The first-order valence-electron chi connectivity index (χ1n) is 6.44. The molecule has 0 radical (unpaired) electrons. The number of aromatic nitrogens is 1. The molecule has 0 aliphatic heterocycles. The number of rotatable bonds is 3. The zero-order valence-corrected chi connectivity index (χ0v) is 10.2. The molecule has 0 aromatic carbocycles. The molecular weight excluding hydrogens is 220 g/mol. The first kappa shape index (κ1) is 12.5. The normalized spacial score (nSPS) is 25.2. The van der Waals surface area contributed by atoms with Crippen LogP contribution in [-0.4, -0.2) is 4.98 Å². The molecule has 1 saturated carbocycles. The van der Waals surface area contributed by atoms with Crippen LogP contribution >= 0.6 is 0 Å². The highest BCUT2D eigenvalue weighted by molar-refractivity contribution is 5.28. The predicted octanol–water partition coefficient (Wildman–Crippen LogP) is 4.70. The van der Waals surface area contributed by atoms with Gasteiger partial charge < -0.3 is 0 Å². The zero-order chi connectivity index (χ0) is 12.3. The largest absolute Gasteiger partial charge is 0.264 e. The number of halogens is 2. The summed E-state index contributed by atoms with van der Waals surface area (Å²) in [6, 6.07) is 1.46. The highest BCUT2D eigenvalue weighted by Crippen LogP contribution is 2.39. The molecule has 1 aliphatic rings. The fourth-order valence-corrected chi connectivity index (χ4v) is 2.84. The van der Waals surface area contributed by atoms with Crippen LogP contribution in [0, 0.1) is 5.92 Å². The van der Waals surface area contributed by atoms with E-state index in [0.717, 1.165) is 24.3 Å². The van der Waals surface area contributed by atoms with Gasteiger partial charge in [-0.3, -0.25) is 4.98 Å². The standard InChI is InChI=1S/C14H19F2N/c1-2-10-3-5-11(6-4-10)13-9-17-8-7-12(13)14(15)16/h7-11,14H,2-6H2,1H3. The molecule has 0 unspecified atom stereocenters. The van der Waals surface area contributed by atoms with Gasteiger partial charge in [0, 0.05) is 18.0 Å². The molecule has 1 nitrogen and oxygen atoms in total. The van der Waals surface area contributed by atoms with Gasteiger partial charge >= 0.3 is 0 Å². The summed E-state index contributed by atoms with van der Waals surface area (Å²) < 4.78 is 25.8. The van der Waals surface area contributed by atoms with E-state index in [1.54, 1.807) is 6.20 Å². The number of hydrogen-bond donors (Lipinski definition) is 0. The fraction of sp³-hybridized carbons (Fsp3) is 0.643. The Labute approximate surface area is 101 Å². The lowest BCUT2D eigenvalue weighted by molar-refractivity contribution is 0.148. The third-order valence-electron chi connectivity index (χ3n) is 3.99. The SMILES string of the molecule is CCC1CCC(c2cnccc2C(F)F)CC1. The van der Waals surface area contributed by atoms with Crippen molar-refractivity contribution in [2.75, 3.05) is 0 Å². The summed E-state index contributed by atoms with van der Waals surface area (Å²) in [5.74, 6) is 1.08. The van der Waals surface area contributed by atoms with Gasteiger partial charge in [-0.15, -0.1) is 0 Å². The average molecular weight is 239 g/mol.